The maximum absolute atomic E-state index is 6.34. The van der Waals surface area contributed by atoms with Crippen molar-refractivity contribution < 1.29 is 0 Å². The number of rotatable bonds is 0. The van der Waals surface area contributed by atoms with Gasteiger partial charge in [0.2, 0.25) is 0 Å². The van der Waals surface area contributed by atoms with Crippen molar-refractivity contribution >= 4 is 17.3 Å². The zero-order chi connectivity index (χ0) is 11.1. The van der Waals surface area contributed by atoms with Gasteiger partial charge in [0, 0.05) is 26.1 Å². The van der Waals surface area contributed by atoms with Gasteiger partial charge in [-0.2, -0.15) is 0 Å². The standard InChI is InChI=1S/C13H17ClN2/c1-16-6-5-9-7-15-8-11(9)10-3-2-4-12(14)13(10)16/h2-4,9,11,15H,5-8H2,1H3/t9-,11-/m0/s1. The van der Waals surface area contributed by atoms with Crippen molar-refractivity contribution in [1.29, 1.82) is 0 Å². The molecule has 1 aromatic carbocycles. The molecule has 0 amide bonds. The lowest BCUT2D eigenvalue weighted by atomic mass is 9.87. The van der Waals surface area contributed by atoms with Gasteiger partial charge in [-0.15, -0.1) is 0 Å². The molecule has 1 aromatic rings. The summed E-state index contributed by atoms with van der Waals surface area (Å²) in [4.78, 5) is 2.32. The van der Waals surface area contributed by atoms with Crippen molar-refractivity contribution in [2.75, 3.05) is 31.6 Å². The third kappa shape index (κ3) is 1.52. The Morgan fingerprint density at radius 1 is 1.38 bits per heavy atom. The number of para-hydroxylation sites is 1. The number of benzene rings is 1. The van der Waals surface area contributed by atoms with Crippen molar-refractivity contribution in [3.63, 3.8) is 0 Å². The van der Waals surface area contributed by atoms with Gasteiger partial charge in [-0.1, -0.05) is 23.7 Å². The zero-order valence-corrected chi connectivity index (χ0v) is 10.3. The van der Waals surface area contributed by atoms with Gasteiger partial charge >= 0.3 is 0 Å². The summed E-state index contributed by atoms with van der Waals surface area (Å²) in [6, 6.07) is 6.32. The maximum Gasteiger partial charge on any atom is 0.0642 e. The van der Waals surface area contributed by atoms with E-state index in [1.807, 2.05) is 6.07 Å². The lowest BCUT2D eigenvalue weighted by Gasteiger charge is -2.22. The second-order valence-corrected chi connectivity index (χ2v) is 5.32. The third-order valence-corrected chi connectivity index (χ3v) is 4.28. The van der Waals surface area contributed by atoms with Crippen molar-refractivity contribution in [3.8, 4) is 0 Å². The van der Waals surface area contributed by atoms with Crippen LogP contribution < -0.4 is 10.2 Å². The largest absolute Gasteiger partial charge is 0.373 e. The van der Waals surface area contributed by atoms with Crippen LogP contribution in [-0.2, 0) is 0 Å². The molecule has 2 atom stereocenters. The van der Waals surface area contributed by atoms with Gasteiger partial charge in [0.05, 0.1) is 10.7 Å². The van der Waals surface area contributed by atoms with E-state index >= 15 is 0 Å². The predicted molar refractivity (Wildman–Crippen MR) is 68.4 cm³/mol. The molecule has 0 radical (unpaired) electrons. The molecule has 2 aliphatic heterocycles. The van der Waals surface area contributed by atoms with E-state index in [4.69, 9.17) is 11.6 Å². The highest BCUT2D eigenvalue weighted by molar-refractivity contribution is 6.33. The minimum atomic E-state index is 0.652. The Morgan fingerprint density at radius 2 is 2.25 bits per heavy atom. The molecule has 0 spiro atoms. The van der Waals surface area contributed by atoms with E-state index in [9.17, 15) is 0 Å². The Bertz CT molecular complexity index is 405. The smallest absolute Gasteiger partial charge is 0.0642 e. The number of nitrogens with one attached hydrogen (secondary N) is 1. The average molecular weight is 237 g/mol. The quantitative estimate of drug-likeness (QED) is 0.745. The summed E-state index contributed by atoms with van der Waals surface area (Å²) in [7, 11) is 2.15. The van der Waals surface area contributed by atoms with Crippen molar-refractivity contribution in [2.45, 2.75) is 12.3 Å². The fourth-order valence-electron chi connectivity index (χ4n) is 3.11. The lowest BCUT2D eigenvalue weighted by Crippen LogP contribution is -2.20. The summed E-state index contributed by atoms with van der Waals surface area (Å²) < 4.78 is 0. The van der Waals surface area contributed by atoms with Crippen LogP contribution in [0.2, 0.25) is 5.02 Å². The molecule has 0 bridgehead atoms. The van der Waals surface area contributed by atoms with Crippen LogP contribution in [0.15, 0.2) is 18.2 Å². The summed E-state index contributed by atoms with van der Waals surface area (Å²) >= 11 is 6.34. The Balaban J connectivity index is 2.13. The van der Waals surface area contributed by atoms with E-state index in [0.29, 0.717) is 5.92 Å². The summed E-state index contributed by atoms with van der Waals surface area (Å²) in [5.74, 6) is 1.43. The molecule has 1 N–H and O–H groups in total. The fourth-order valence-corrected chi connectivity index (χ4v) is 3.43. The van der Waals surface area contributed by atoms with Crippen LogP contribution in [0.5, 0.6) is 0 Å². The molecule has 16 heavy (non-hydrogen) atoms. The summed E-state index contributed by atoms with van der Waals surface area (Å²) in [5.41, 5.74) is 2.68. The van der Waals surface area contributed by atoms with E-state index in [1.165, 1.54) is 17.7 Å². The molecule has 1 saturated heterocycles. The fraction of sp³-hybridized carbons (Fsp3) is 0.538. The molecule has 2 aliphatic rings. The van der Waals surface area contributed by atoms with Gasteiger partial charge in [-0.3, -0.25) is 0 Å². The second-order valence-electron chi connectivity index (χ2n) is 4.91. The first-order valence-electron chi connectivity index (χ1n) is 5.97. The first kappa shape index (κ1) is 10.4. The zero-order valence-electron chi connectivity index (χ0n) is 9.54. The maximum atomic E-state index is 6.34. The van der Waals surface area contributed by atoms with E-state index in [1.54, 1.807) is 0 Å². The molecular weight excluding hydrogens is 220 g/mol. The van der Waals surface area contributed by atoms with Gasteiger partial charge < -0.3 is 10.2 Å². The Labute approximate surface area is 102 Å². The van der Waals surface area contributed by atoms with E-state index in [0.717, 1.165) is 30.6 Å². The Hall–Kier alpha value is -0.730. The number of anilines is 1. The number of hydrogen-bond acceptors (Lipinski definition) is 2. The first-order chi connectivity index (χ1) is 7.77. The van der Waals surface area contributed by atoms with E-state index in [-0.39, 0.29) is 0 Å². The molecule has 2 nitrogen and oxygen atoms in total. The van der Waals surface area contributed by atoms with E-state index < -0.39 is 0 Å². The average Bonchev–Trinajstić information content (AvgIpc) is 2.69. The van der Waals surface area contributed by atoms with Gasteiger partial charge in [0.25, 0.3) is 0 Å². The molecule has 0 unspecified atom stereocenters. The molecule has 0 saturated carbocycles. The third-order valence-electron chi connectivity index (χ3n) is 3.97. The highest BCUT2D eigenvalue weighted by atomic mass is 35.5. The highest BCUT2D eigenvalue weighted by Crippen LogP contribution is 2.42. The molecule has 1 fully saturated rings. The molecule has 3 rings (SSSR count). The minimum Gasteiger partial charge on any atom is -0.373 e. The second kappa shape index (κ2) is 3.94. The van der Waals surface area contributed by atoms with E-state index in [2.05, 4.69) is 29.4 Å². The minimum absolute atomic E-state index is 0.652. The normalized spacial score (nSPS) is 28.5. The van der Waals surface area contributed by atoms with Crippen LogP contribution in [0.3, 0.4) is 0 Å². The molecule has 86 valence electrons. The van der Waals surface area contributed by atoms with Crippen LogP contribution in [0.1, 0.15) is 17.9 Å². The van der Waals surface area contributed by atoms with Crippen LogP contribution in [0.25, 0.3) is 0 Å². The predicted octanol–water partition coefficient (Wildman–Crippen LogP) is 2.48. The summed E-state index contributed by atoms with van der Waals surface area (Å²) in [5, 5.41) is 4.40. The first-order valence-corrected chi connectivity index (χ1v) is 6.35. The van der Waals surface area contributed by atoms with Crippen molar-refractivity contribution in [3.05, 3.63) is 28.8 Å². The van der Waals surface area contributed by atoms with Gasteiger partial charge in [0.15, 0.2) is 0 Å². The molecule has 0 aliphatic carbocycles. The highest BCUT2D eigenvalue weighted by Gasteiger charge is 2.33. The van der Waals surface area contributed by atoms with Crippen LogP contribution in [-0.4, -0.2) is 26.7 Å². The Kier molecular flexibility index (Phi) is 2.56. The number of hydrogen-bond donors (Lipinski definition) is 1. The van der Waals surface area contributed by atoms with Gasteiger partial charge in [-0.05, 0) is 30.5 Å². The molecular formula is C13H17ClN2. The number of nitrogens with zero attached hydrogens (tertiary/aromatic N) is 1. The molecule has 3 heteroatoms. The van der Waals surface area contributed by atoms with Crippen LogP contribution in [0, 0.1) is 5.92 Å². The van der Waals surface area contributed by atoms with Crippen LogP contribution >= 0.6 is 11.6 Å². The summed E-state index contributed by atoms with van der Waals surface area (Å²) in [6.07, 6.45) is 1.26. The topological polar surface area (TPSA) is 15.3 Å². The summed E-state index contributed by atoms with van der Waals surface area (Å²) in [6.45, 7) is 3.37. The van der Waals surface area contributed by atoms with Gasteiger partial charge in [-0.25, -0.2) is 0 Å². The van der Waals surface area contributed by atoms with Gasteiger partial charge in [0.1, 0.15) is 0 Å². The van der Waals surface area contributed by atoms with Crippen molar-refractivity contribution in [2.24, 2.45) is 5.92 Å². The number of halogens is 1. The lowest BCUT2D eigenvalue weighted by molar-refractivity contribution is 0.496. The molecule has 2 heterocycles. The Morgan fingerprint density at radius 3 is 3.12 bits per heavy atom. The SMILES string of the molecule is CN1CC[C@H]2CNC[C@@H]2c2cccc(Cl)c21. The molecule has 0 aromatic heterocycles. The van der Waals surface area contributed by atoms with Crippen LogP contribution in [0.4, 0.5) is 5.69 Å². The monoisotopic (exact) mass is 236 g/mol. The van der Waals surface area contributed by atoms with Crippen molar-refractivity contribution in [1.82, 2.24) is 5.32 Å². The number of fused-ring (bicyclic) bond motifs is 3.